The molecule has 0 atom stereocenters. The number of hydrogen-bond donors (Lipinski definition) is 3. The number of hydrogen-bond acceptors (Lipinski definition) is 3. The van der Waals surface area contributed by atoms with Crippen molar-refractivity contribution in [1.82, 2.24) is 5.32 Å². The summed E-state index contributed by atoms with van der Waals surface area (Å²) in [6.45, 7) is 3.24. The van der Waals surface area contributed by atoms with Crippen molar-refractivity contribution >= 4 is 23.3 Å². The maximum Gasteiger partial charge on any atom is 0.305 e. The van der Waals surface area contributed by atoms with Crippen LogP contribution in [0.3, 0.4) is 0 Å². The summed E-state index contributed by atoms with van der Waals surface area (Å²) in [4.78, 5) is 10.9. The first-order chi connectivity index (χ1) is 8.02. The summed E-state index contributed by atoms with van der Waals surface area (Å²) >= 11 is 6.12. The van der Waals surface area contributed by atoms with E-state index in [4.69, 9.17) is 16.7 Å². The highest BCUT2D eigenvalue weighted by Crippen LogP contribution is 2.31. The SMILES string of the molecule is Cc1cccc(Cl)c1NC1(CC(=O)O)CNC1. The second kappa shape index (κ2) is 4.55. The van der Waals surface area contributed by atoms with E-state index in [9.17, 15) is 4.79 Å². The van der Waals surface area contributed by atoms with Crippen molar-refractivity contribution in [2.24, 2.45) is 0 Å². The van der Waals surface area contributed by atoms with Gasteiger partial charge in [-0.25, -0.2) is 0 Å². The Labute approximate surface area is 105 Å². The van der Waals surface area contributed by atoms with E-state index in [2.05, 4.69) is 10.6 Å². The van der Waals surface area contributed by atoms with E-state index in [1.165, 1.54) is 0 Å². The minimum atomic E-state index is -0.802. The van der Waals surface area contributed by atoms with Gasteiger partial charge in [-0.05, 0) is 18.6 Å². The Morgan fingerprint density at radius 2 is 2.29 bits per heavy atom. The number of rotatable bonds is 4. The Kier molecular flexibility index (Phi) is 3.26. The van der Waals surface area contributed by atoms with Crippen LogP contribution in [0.4, 0.5) is 5.69 Å². The summed E-state index contributed by atoms with van der Waals surface area (Å²) in [6.07, 6.45) is 0.0880. The van der Waals surface area contributed by atoms with E-state index >= 15 is 0 Å². The third-order valence-electron chi connectivity index (χ3n) is 3.03. The van der Waals surface area contributed by atoms with Gasteiger partial charge in [0.25, 0.3) is 0 Å². The third-order valence-corrected chi connectivity index (χ3v) is 3.34. The lowest BCUT2D eigenvalue weighted by Crippen LogP contribution is -2.65. The van der Waals surface area contributed by atoms with E-state index in [0.29, 0.717) is 18.1 Å². The van der Waals surface area contributed by atoms with Gasteiger partial charge < -0.3 is 15.7 Å². The number of nitrogens with one attached hydrogen (secondary N) is 2. The Morgan fingerprint density at radius 3 is 2.76 bits per heavy atom. The molecule has 0 aromatic heterocycles. The molecule has 1 heterocycles. The second-order valence-electron chi connectivity index (χ2n) is 4.51. The maximum absolute atomic E-state index is 10.9. The number of aliphatic carboxylic acids is 1. The predicted octanol–water partition coefficient (Wildman–Crippen LogP) is 1.88. The average molecular weight is 255 g/mol. The molecule has 0 amide bonds. The van der Waals surface area contributed by atoms with Gasteiger partial charge in [0.2, 0.25) is 0 Å². The van der Waals surface area contributed by atoms with E-state index in [1.807, 2.05) is 19.1 Å². The van der Waals surface area contributed by atoms with Crippen LogP contribution in [0.2, 0.25) is 5.02 Å². The minimum absolute atomic E-state index is 0.0880. The fourth-order valence-electron chi connectivity index (χ4n) is 2.03. The minimum Gasteiger partial charge on any atom is -0.481 e. The fourth-order valence-corrected chi connectivity index (χ4v) is 2.30. The van der Waals surface area contributed by atoms with E-state index in [-0.39, 0.29) is 6.42 Å². The van der Waals surface area contributed by atoms with Crippen LogP contribution in [0.5, 0.6) is 0 Å². The number of halogens is 1. The van der Waals surface area contributed by atoms with Crippen LogP contribution in [0, 0.1) is 6.92 Å². The van der Waals surface area contributed by atoms with Gasteiger partial charge in [-0.1, -0.05) is 23.7 Å². The van der Waals surface area contributed by atoms with Crippen LogP contribution in [0.1, 0.15) is 12.0 Å². The van der Waals surface area contributed by atoms with Crippen LogP contribution in [-0.4, -0.2) is 29.7 Å². The van der Waals surface area contributed by atoms with Gasteiger partial charge >= 0.3 is 5.97 Å². The standard InChI is InChI=1S/C12H15ClN2O2/c1-8-3-2-4-9(13)11(8)15-12(5-10(16)17)6-14-7-12/h2-4,14-15H,5-7H2,1H3,(H,16,17). The average Bonchev–Trinajstić information content (AvgIpc) is 2.19. The molecule has 0 aliphatic carbocycles. The van der Waals surface area contributed by atoms with Crippen LogP contribution in [-0.2, 0) is 4.79 Å². The van der Waals surface area contributed by atoms with E-state index in [0.717, 1.165) is 11.3 Å². The molecule has 1 saturated heterocycles. The summed E-state index contributed by atoms with van der Waals surface area (Å²) in [7, 11) is 0. The molecule has 1 aromatic rings. The molecule has 0 saturated carbocycles. The molecule has 92 valence electrons. The number of carboxylic acids is 1. The lowest BCUT2D eigenvalue weighted by Gasteiger charge is -2.43. The Morgan fingerprint density at radius 1 is 1.59 bits per heavy atom. The number of aryl methyl sites for hydroxylation is 1. The highest BCUT2D eigenvalue weighted by molar-refractivity contribution is 6.33. The molecule has 0 spiro atoms. The molecule has 1 fully saturated rings. The second-order valence-corrected chi connectivity index (χ2v) is 4.92. The number of carbonyl (C=O) groups is 1. The molecule has 0 radical (unpaired) electrons. The maximum atomic E-state index is 10.9. The quantitative estimate of drug-likeness (QED) is 0.768. The first-order valence-electron chi connectivity index (χ1n) is 5.48. The summed E-state index contributed by atoms with van der Waals surface area (Å²) in [5.74, 6) is -0.802. The van der Waals surface area contributed by atoms with Crippen LogP contribution < -0.4 is 10.6 Å². The van der Waals surface area contributed by atoms with Gasteiger partial charge in [-0.2, -0.15) is 0 Å². The molecule has 0 bridgehead atoms. The number of para-hydroxylation sites is 1. The van der Waals surface area contributed by atoms with Gasteiger partial charge in [0, 0.05) is 13.1 Å². The smallest absolute Gasteiger partial charge is 0.305 e. The zero-order valence-corrected chi connectivity index (χ0v) is 10.3. The Balaban J connectivity index is 2.21. The molecular weight excluding hydrogens is 240 g/mol. The summed E-state index contributed by atoms with van der Waals surface area (Å²) in [6, 6.07) is 5.64. The zero-order valence-electron chi connectivity index (χ0n) is 9.59. The molecule has 2 rings (SSSR count). The third kappa shape index (κ3) is 2.53. The number of carboxylic acid groups (broad SMARTS) is 1. The van der Waals surface area contributed by atoms with Gasteiger partial charge in [-0.15, -0.1) is 0 Å². The van der Waals surface area contributed by atoms with Crippen molar-refractivity contribution < 1.29 is 9.90 Å². The van der Waals surface area contributed by atoms with Crippen molar-refractivity contribution in [3.8, 4) is 0 Å². The molecule has 3 N–H and O–H groups in total. The predicted molar refractivity (Wildman–Crippen MR) is 67.7 cm³/mol. The number of benzene rings is 1. The summed E-state index contributed by atoms with van der Waals surface area (Å²) in [5.41, 5.74) is 1.44. The van der Waals surface area contributed by atoms with Gasteiger partial charge in [0.15, 0.2) is 0 Å². The lowest BCUT2D eigenvalue weighted by atomic mass is 9.88. The molecule has 5 heteroatoms. The molecule has 1 aliphatic heterocycles. The van der Waals surface area contributed by atoms with Crippen molar-refractivity contribution in [1.29, 1.82) is 0 Å². The van der Waals surface area contributed by atoms with E-state index < -0.39 is 11.5 Å². The first-order valence-corrected chi connectivity index (χ1v) is 5.86. The van der Waals surface area contributed by atoms with Gasteiger partial charge in [0.1, 0.15) is 0 Å². The molecule has 1 aromatic carbocycles. The topological polar surface area (TPSA) is 61.4 Å². The molecule has 1 aliphatic rings. The van der Waals surface area contributed by atoms with Gasteiger partial charge in [0.05, 0.1) is 22.7 Å². The highest BCUT2D eigenvalue weighted by Gasteiger charge is 2.39. The monoisotopic (exact) mass is 254 g/mol. The largest absolute Gasteiger partial charge is 0.481 e. The Hall–Kier alpha value is -1.26. The van der Waals surface area contributed by atoms with Crippen LogP contribution >= 0.6 is 11.6 Å². The van der Waals surface area contributed by atoms with E-state index in [1.54, 1.807) is 6.07 Å². The molecule has 4 nitrogen and oxygen atoms in total. The first kappa shape index (κ1) is 12.2. The normalized spacial score (nSPS) is 17.3. The van der Waals surface area contributed by atoms with Gasteiger partial charge in [-0.3, -0.25) is 4.79 Å². The van der Waals surface area contributed by atoms with Crippen LogP contribution in [0.25, 0.3) is 0 Å². The Bertz CT molecular complexity index is 424. The summed E-state index contributed by atoms with van der Waals surface area (Å²) in [5, 5.41) is 15.9. The highest BCUT2D eigenvalue weighted by atomic mass is 35.5. The lowest BCUT2D eigenvalue weighted by molar-refractivity contribution is -0.138. The van der Waals surface area contributed by atoms with Crippen molar-refractivity contribution in [2.75, 3.05) is 18.4 Å². The molecule has 17 heavy (non-hydrogen) atoms. The van der Waals surface area contributed by atoms with Crippen molar-refractivity contribution in [3.63, 3.8) is 0 Å². The van der Waals surface area contributed by atoms with Crippen molar-refractivity contribution in [3.05, 3.63) is 28.8 Å². The van der Waals surface area contributed by atoms with Crippen molar-refractivity contribution in [2.45, 2.75) is 18.9 Å². The molecule has 0 unspecified atom stereocenters. The summed E-state index contributed by atoms with van der Waals surface area (Å²) < 4.78 is 0. The van der Waals surface area contributed by atoms with Crippen LogP contribution in [0.15, 0.2) is 18.2 Å². The fraction of sp³-hybridized carbons (Fsp3) is 0.417. The zero-order chi connectivity index (χ0) is 12.5. The molecular formula is C12H15ClN2O2. The number of anilines is 1.